The van der Waals surface area contributed by atoms with E-state index in [1.807, 2.05) is 41.6 Å². The van der Waals surface area contributed by atoms with Crippen molar-refractivity contribution < 1.29 is 33.6 Å². The number of urea groups is 1. The Morgan fingerprint density at radius 3 is 2.52 bits per heavy atom. The number of carbonyl (C=O) groups is 4. The number of benzene rings is 3. The van der Waals surface area contributed by atoms with Crippen molar-refractivity contribution in [2.75, 3.05) is 23.9 Å². The molecule has 3 aromatic carbocycles. The van der Waals surface area contributed by atoms with E-state index in [1.54, 1.807) is 18.2 Å². The van der Waals surface area contributed by atoms with Crippen LogP contribution in [0.15, 0.2) is 66.2 Å². The summed E-state index contributed by atoms with van der Waals surface area (Å²) in [6.45, 7) is 1.63. The number of hydrogen-bond donors (Lipinski definition) is 2. The molecule has 12 nitrogen and oxygen atoms in total. The molecular formula is C27H21IN4O8. The number of nitro benzene ring substituents is 1. The number of aryl methyl sites for hydroxylation is 1. The second kappa shape index (κ2) is 11.9. The van der Waals surface area contributed by atoms with Crippen LogP contribution >= 0.6 is 22.6 Å². The lowest BCUT2D eigenvalue weighted by atomic mass is 10.1. The molecule has 1 heterocycles. The van der Waals surface area contributed by atoms with Crippen LogP contribution in [0.1, 0.15) is 11.1 Å². The quantitative estimate of drug-likeness (QED) is 0.120. The molecule has 1 saturated heterocycles. The molecule has 40 heavy (non-hydrogen) atoms. The number of nitrogens with zero attached hydrogens (tertiary/aromatic N) is 2. The van der Waals surface area contributed by atoms with E-state index in [9.17, 15) is 29.3 Å². The number of halogens is 1. The zero-order valence-electron chi connectivity index (χ0n) is 21.1. The van der Waals surface area contributed by atoms with Crippen molar-refractivity contribution in [3.05, 3.63) is 91.0 Å². The molecule has 3 aromatic rings. The Labute approximate surface area is 241 Å². The van der Waals surface area contributed by atoms with E-state index in [-0.39, 0.29) is 41.0 Å². The van der Waals surface area contributed by atoms with Gasteiger partial charge in [0.25, 0.3) is 23.4 Å². The number of nitro groups is 1. The SMILES string of the molecule is COc1cc(/C=C2\C(=O)NC(=O)N(c3cccc([N+](=O)[O-])c3)C2=O)cc(I)c1OCC(=O)Nc1ccc(C)cc1. The number of anilines is 2. The average molecular weight is 656 g/mol. The fourth-order valence-electron chi connectivity index (χ4n) is 3.74. The third kappa shape index (κ3) is 6.26. The molecule has 0 bridgehead atoms. The normalized spacial score (nSPS) is 14.1. The smallest absolute Gasteiger partial charge is 0.335 e. The number of hydrogen-bond acceptors (Lipinski definition) is 8. The number of amides is 5. The Kier molecular flexibility index (Phi) is 8.43. The number of imide groups is 2. The summed E-state index contributed by atoms with van der Waals surface area (Å²) in [5.41, 5.74) is 1.26. The van der Waals surface area contributed by atoms with Gasteiger partial charge in [0.2, 0.25) is 0 Å². The highest BCUT2D eigenvalue weighted by molar-refractivity contribution is 14.1. The molecule has 0 aliphatic carbocycles. The van der Waals surface area contributed by atoms with Crippen LogP contribution in [-0.4, -0.2) is 42.4 Å². The van der Waals surface area contributed by atoms with Gasteiger partial charge in [-0.1, -0.05) is 23.8 Å². The first-order chi connectivity index (χ1) is 19.1. The minimum atomic E-state index is -1.03. The molecule has 204 valence electrons. The third-order valence-electron chi connectivity index (χ3n) is 5.65. The lowest BCUT2D eigenvalue weighted by Gasteiger charge is -2.26. The van der Waals surface area contributed by atoms with Crippen LogP contribution in [0.2, 0.25) is 0 Å². The summed E-state index contributed by atoms with van der Waals surface area (Å²) in [6.07, 6.45) is 1.26. The molecule has 1 fully saturated rings. The minimum absolute atomic E-state index is 0.0741. The van der Waals surface area contributed by atoms with Crippen molar-refractivity contribution in [3.63, 3.8) is 0 Å². The van der Waals surface area contributed by atoms with Gasteiger partial charge in [0, 0.05) is 17.8 Å². The number of carbonyl (C=O) groups excluding carboxylic acids is 4. The first-order valence-electron chi connectivity index (χ1n) is 11.6. The number of barbiturate groups is 1. The standard InChI is InChI=1S/C27H21IN4O8/c1-15-6-8-17(9-7-15)29-23(33)14-40-24-21(28)11-16(12-22(24)39-2)10-20-25(34)30-27(36)31(26(20)35)18-4-3-5-19(13-18)32(37)38/h3-13H,14H2,1-2H3,(H,29,33)(H,30,34,36)/b20-10+. The Morgan fingerprint density at radius 1 is 1.12 bits per heavy atom. The molecule has 0 spiro atoms. The summed E-state index contributed by atoms with van der Waals surface area (Å²) in [4.78, 5) is 61.7. The highest BCUT2D eigenvalue weighted by Gasteiger charge is 2.37. The molecule has 1 aliphatic rings. The van der Waals surface area contributed by atoms with Gasteiger partial charge in [0.15, 0.2) is 18.1 Å². The van der Waals surface area contributed by atoms with Crippen molar-refractivity contribution >= 4 is 69.5 Å². The van der Waals surface area contributed by atoms with Crippen LogP contribution in [0.5, 0.6) is 11.5 Å². The van der Waals surface area contributed by atoms with Crippen LogP contribution in [-0.2, 0) is 14.4 Å². The van der Waals surface area contributed by atoms with Gasteiger partial charge in [0.05, 0.1) is 21.3 Å². The predicted molar refractivity (Wildman–Crippen MR) is 153 cm³/mol. The molecule has 2 N–H and O–H groups in total. The van der Waals surface area contributed by atoms with E-state index in [1.165, 1.54) is 37.5 Å². The summed E-state index contributed by atoms with van der Waals surface area (Å²) >= 11 is 1.96. The molecule has 4 rings (SSSR count). The molecule has 0 atom stereocenters. The second-order valence-corrected chi connectivity index (χ2v) is 9.63. The van der Waals surface area contributed by atoms with Gasteiger partial charge in [-0.2, -0.15) is 0 Å². The van der Waals surface area contributed by atoms with E-state index in [4.69, 9.17) is 9.47 Å². The van der Waals surface area contributed by atoms with Crippen LogP contribution in [0.4, 0.5) is 21.9 Å². The summed E-state index contributed by atoms with van der Waals surface area (Å²) in [7, 11) is 1.39. The van der Waals surface area contributed by atoms with Crippen molar-refractivity contribution in [3.8, 4) is 11.5 Å². The van der Waals surface area contributed by atoms with Crippen LogP contribution in [0.25, 0.3) is 6.08 Å². The molecule has 1 aliphatic heterocycles. The number of rotatable bonds is 8. The van der Waals surface area contributed by atoms with Crippen LogP contribution in [0.3, 0.4) is 0 Å². The molecule has 13 heteroatoms. The maximum atomic E-state index is 13.2. The summed E-state index contributed by atoms with van der Waals surface area (Å²) in [6, 6.07) is 14.3. The molecular weight excluding hydrogens is 635 g/mol. The first-order valence-corrected chi connectivity index (χ1v) is 12.7. The van der Waals surface area contributed by atoms with Gasteiger partial charge in [-0.25, -0.2) is 9.69 Å². The molecule has 5 amide bonds. The van der Waals surface area contributed by atoms with Crippen LogP contribution < -0.4 is 25.0 Å². The summed E-state index contributed by atoms with van der Waals surface area (Å²) < 4.78 is 11.6. The monoisotopic (exact) mass is 656 g/mol. The Hall–Kier alpha value is -4.79. The van der Waals surface area contributed by atoms with E-state index in [0.29, 0.717) is 19.7 Å². The van der Waals surface area contributed by atoms with Crippen molar-refractivity contribution in [2.45, 2.75) is 6.92 Å². The zero-order valence-corrected chi connectivity index (χ0v) is 23.3. The van der Waals surface area contributed by atoms with E-state index in [0.717, 1.165) is 11.6 Å². The van der Waals surface area contributed by atoms with E-state index < -0.39 is 22.8 Å². The number of nitrogens with one attached hydrogen (secondary N) is 2. The minimum Gasteiger partial charge on any atom is -0.493 e. The topological polar surface area (TPSA) is 157 Å². The fourth-order valence-corrected chi connectivity index (χ4v) is 4.52. The maximum Gasteiger partial charge on any atom is 0.335 e. The first kappa shape index (κ1) is 28.2. The third-order valence-corrected chi connectivity index (χ3v) is 6.45. The Balaban J connectivity index is 1.57. The summed E-state index contributed by atoms with van der Waals surface area (Å²) in [5, 5.41) is 16.0. The number of ether oxygens (including phenoxy) is 2. The number of non-ortho nitro benzene ring substituents is 1. The molecule has 0 aromatic heterocycles. The van der Waals surface area contributed by atoms with E-state index in [2.05, 4.69) is 10.6 Å². The van der Waals surface area contributed by atoms with E-state index >= 15 is 0 Å². The number of methoxy groups -OCH3 is 1. The Bertz CT molecular complexity index is 1570. The van der Waals surface area contributed by atoms with Crippen molar-refractivity contribution in [1.82, 2.24) is 5.32 Å². The van der Waals surface area contributed by atoms with Gasteiger partial charge >= 0.3 is 6.03 Å². The van der Waals surface area contributed by atoms with Crippen LogP contribution in [0, 0.1) is 20.6 Å². The predicted octanol–water partition coefficient (Wildman–Crippen LogP) is 4.20. The maximum absolute atomic E-state index is 13.2. The van der Waals surface area contributed by atoms with Gasteiger partial charge in [-0.3, -0.25) is 29.8 Å². The molecule has 0 saturated carbocycles. The average Bonchev–Trinajstić information content (AvgIpc) is 2.91. The van der Waals surface area contributed by atoms with Gasteiger partial charge in [-0.05, 0) is 71.5 Å². The van der Waals surface area contributed by atoms with Gasteiger partial charge in [0.1, 0.15) is 5.57 Å². The Morgan fingerprint density at radius 2 is 1.85 bits per heavy atom. The summed E-state index contributed by atoms with van der Waals surface area (Å²) in [5.74, 6) is -1.77. The highest BCUT2D eigenvalue weighted by atomic mass is 127. The zero-order chi connectivity index (χ0) is 29.0. The fraction of sp³-hybridized carbons (Fsp3) is 0.111. The van der Waals surface area contributed by atoms with Crippen molar-refractivity contribution in [2.24, 2.45) is 0 Å². The lowest BCUT2D eigenvalue weighted by molar-refractivity contribution is -0.384. The molecule has 0 radical (unpaired) electrons. The lowest BCUT2D eigenvalue weighted by Crippen LogP contribution is -2.54. The van der Waals surface area contributed by atoms with Gasteiger partial charge in [-0.15, -0.1) is 0 Å². The van der Waals surface area contributed by atoms with Crippen molar-refractivity contribution in [1.29, 1.82) is 0 Å². The second-order valence-electron chi connectivity index (χ2n) is 8.47. The largest absolute Gasteiger partial charge is 0.493 e. The highest BCUT2D eigenvalue weighted by Crippen LogP contribution is 2.35. The van der Waals surface area contributed by atoms with Gasteiger partial charge < -0.3 is 14.8 Å². The molecule has 0 unspecified atom stereocenters.